The lowest BCUT2D eigenvalue weighted by molar-refractivity contribution is -0.137. The van der Waals surface area contributed by atoms with Gasteiger partial charge in [-0.2, -0.15) is 11.8 Å². The Kier molecular flexibility index (Phi) is 2.08. The maximum atomic E-state index is 10.4. The highest BCUT2D eigenvalue weighted by Crippen LogP contribution is 2.03. The zero-order chi connectivity index (χ0) is 14.0. The second-order valence-corrected chi connectivity index (χ2v) is 2.01. The Labute approximate surface area is 77.0 Å². The molecular weight excluding hydrogens is 168 g/mol. The van der Waals surface area contributed by atoms with Crippen molar-refractivity contribution in [3.63, 3.8) is 0 Å². The van der Waals surface area contributed by atoms with Crippen LogP contribution in [0.4, 0.5) is 0 Å². The first-order valence-electron chi connectivity index (χ1n) is 5.56. The second kappa shape index (κ2) is 6.03. The molecule has 0 aliphatic carbocycles. The largest absolute Gasteiger partial charge is 0.481 e. The normalized spacial score (nSPS) is 25.8. The summed E-state index contributed by atoms with van der Waals surface area (Å²) in [5, 5.41) is 16.9. The summed E-state index contributed by atoms with van der Waals surface area (Å²) in [6.07, 6.45) is -5.98. The van der Waals surface area contributed by atoms with Crippen LogP contribution in [0, 0.1) is 0 Å². The molecule has 5 heteroatoms. The minimum Gasteiger partial charge on any atom is -0.481 e. The van der Waals surface area contributed by atoms with Gasteiger partial charge in [-0.3, -0.25) is 9.59 Å². The fraction of sp³-hybridized carbons (Fsp3) is 0.667. The Morgan fingerprint density at radius 1 is 1.18 bits per heavy atom. The van der Waals surface area contributed by atoms with Gasteiger partial charge in [0.05, 0.1) is 12.7 Å². The summed E-state index contributed by atoms with van der Waals surface area (Å²) in [5.74, 6) is -3.85. The summed E-state index contributed by atoms with van der Waals surface area (Å²) in [5.41, 5.74) is -4.01. The quantitative estimate of drug-likeness (QED) is 0.634. The average Bonchev–Trinajstić information content (AvgIpc) is 2.16. The van der Waals surface area contributed by atoms with E-state index in [2.05, 4.69) is 0 Å². The zero-order valence-corrected chi connectivity index (χ0v) is 6.09. The van der Waals surface area contributed by atoms with Crippen molar-refractivity contribution in [2.75, 3.05) is 11.5 Å². The number of aliphatic carboxylic acids is 2. The van der Waals surface area contributed by atoms with Crippen molar-refractivity contribution in [1.29, 1.82) is 0 Å². The van der Waals surface area contributed by atoms with Gasteiger partial charge >= 0.3 is 11.9 Å². The lowest BCUT2D eigenvalue weighted by Crippen LogP contribution is -1.99. The maximum absolute atomic E-state index is 10.4. The highest BCUT2D eigenvalue weighted by Gasteiger charge is 1.98. The molecule has 0 aliphatic rings. The molecule has 0 aliphatic heterocycles. The molecular formula is C6H10O4S. The van der Waals surface area contributed by atoms with Crippen LogP contribution >= 0.6 is 11.8 Å². The van der Waals surface area contributed by atoms with Gasteiger partial charge in [-0.15, -0.1) is 0 Å². The molecule has 0 rings (SSSR count). The smallest absolute Gasteiger partial charge is 0.304 e. The Morgan fingerprint density at radius 3 is 1.82 bits per heavy atom. The number of carboxylic acids is 2. The molecule has 0 aromatic carbocycles. The summed E-state index contributed by atoms with van der Waals surface area (Å²) in [7, 11) is 0. The molecule has 4 nitrogen and oxygen atoms in total. The summed E-state index contributed by atoms with van der Waals surface area (Å²) in [6, 6.07) is 0. The predicted molar refractivity (Wildman–Crippen MR) is 41.8 cm³/mol. The van der Waals surface area contributed by atoms with Crippen LogP contribution in [0.1, 0.15) is 21.0 Å². The number of thioether (sulfide) groups is 1. The molecule has 64 valence electrons. The molecule has 0 bridgehead atoms. The van der Waals surface area contributed by atoms with E-state index >= 15 is 0 Å². The van der Waals surface area contributed by atoms with E-state index in [9.17, 15) is 9.59 Å². The van der Waals surface area contributed by atoms with Gasteiger partial charge in [-0.25, -0.2) is 0 Å². The third-order valence-corrected chi connectivity index (χ3v) is 1.01. The molecule has 0 aromatic rings. The van der Waals surface area contributed by atoms with Gasteiger partial charge in [-0.1, -0.05) is 0 Å². The van der Waals surface area contributed by atoms with Crippen LogP contribution in [-0.4, -0.2) is 33.6 Å². The molecule has 2 atom stereocenters. The first-order chi connectivity index (χ1) is 7.44. The zero-order valence-electron chi connectivity index (χ0n) is 11.3. The van der Waals surface area contributed by atoms with E-state index in [4.69, 9.17) is 18.4 Å². The van der Waals surface area contributed by atoms with E-state index in [1.165, 1.54) is 0 Å². The van der Waals surface area contributed by atoms with Crippen molar-refractivity contribution < 1.29 is 28.0 Å². The van der Waals surface area contributed by atoms with E-state index in [0.29, 0.717) is 0 Å². The van der Waals surface area contributed by atoms with Crippen LogP contribution in [0.25, 0.3) is 0 Å². The van der Waals surface area contributed by atoms with Gasteiger partial charge in [0.15, 0.2) is 0 Å². The maximum Gasteiger partial charge on any atom is 0.304 e. The number of carbonyl (C=O) groups is 2. The lowest BCUT2D eigenvalue weighted by Gasteiger charge is -1.94. The lowest BCUT2D eigenvalue weighted by atomic mass is 10.5. The van der Waals surface area contributed by atoms with Crippen LogP contribution in [0.3, 0.4) is 0 Å². The Morgan fingerprint density at radius 2 is 1.55 bits per heavy atom. The fourth-order valence-electron chi connectivity index (χ4n) is 0.203. The highest BCUT2D eigenvalue weighted by atomic mass is 32.2. The molecule has 0 amide bonds. The van der Waals surface area contributed by atoms with Crippen LogP contribution < -0.4 is 0 Å². The fourth-order valence-corrected chi connectivity index (χ4v) is 0.609. The van der Waals surface area contributed by atoms with Crippen molar-refractivity contribution >= 4 is 23.7 Å². The van der Waals surface area contributed by atoms with Crippen LogP contribution in [0.15, 0.2) is 0 Å². The van der Waals surface area contributed by atoms with Crippen LogP contribution in [-0.2, 0) is 9.59 Å². The second-order valence-electron chi connectivity index (χ2n) is 1.27. The van der Waals surface area contributed by atoms with Crippen LogP contribution in [0.2, 0.25) is 0 Å². The van der Waals surface area contributed by atoms with Gasteiger partial charge in [0.25, 0.3) is 0 Å². The standard InChI is InChI=1S/C6H10O4S/c7-5(8)1-3-11-4-2-6(9)10/h1-4H2,(H,7,8)(H,9,10)/i1D2,2D2,3D,4D. The Balaban J connectivity index is 4.77. The van der Waals surface area contributed by atoms with Crippen molar-refractivity contribution in [2.24, 2.45) is 0 Å². The number of carboxylic acid groups (broad SMARTS) is 2. The first kappa shape index (κ1) is 3.80. The average molecular weight is 184 g/mol. The minimum absolute atomic E-state index is 0.00824. The molecule has 0 heterocycles. The first-order valence-corrected chi connectivity index (χ1v) is 3.35. The van der Waals surface area contributed by atoms with Gasteiger partial charge < -0.3 is 10.2 Å². The molecule has 2 N–H and O–H groups in total. The van der Waals surface area contributed by atoms with Gasteiger partial charge in [0.1, 0.15) is 0 Å². The van der Waals surface area contributed by atoms with Crippen molar-refractivity contribution in [2.45, 2.75) is 12.7 Å². The molecule has 0 radical (unpaired) electrons. The Hall–Kier alpha value is -0.710. The predicted octanol–water partition coefficient (Wildman–Crippen LogP) is 0.669. The Bertz CT molecular complexity index is 292. The molecule has 0 aromatic heterocycles. The van der Waals surface area contributed by atoms with E-state index in [0.717, 1.165) is 0 Å². The third kappa shape index (κ3) is 9.29. The topological polar surface area (TPSA) is 74.6 Å². The molecule has 0 saturated heterocycles. The summed E-state index contributed by atoms with van der Waals surface area (Å²) < 4.78 is 42.4. The van der Waals surface area contributed by atoms with E-state index in [-0.39, 0.29) is 11.8 Å². The van der Waals surface area contributed by atoms with E-state index in [1.54, 1.807) is 0 Å². The van der Waals surface area contributed by atoms with Gasteiger partial charge in [0.2, 0.25) is 0 Å². The molecule has 2 unspecified atom stereocenters. The van der Waals surface area contributed by atoms with Crippen molar-refractivity contribution in [3.8, 4) is 0 Å². The molecule has 0 spiro atoms. The third-order valence-electron chi connectivity index (χ3n) is 0.501. The summed E-state index contributed by atoms with van der Waals surface area (Å²) in [6.45, 7) is 0. The minimum atomic E-state index is -2.99. The molecule has 0 saturated carbocycles. The van der Waals surface area contributed by atoms with Crippen LogP contribution in [0.5, 0.6) is 0 Å². The monoisotopic (exact) mass is 184 g/mol. The van der Waals surface area contributed by atoms with Crippen molar-refractivity contribution in [3.05, 3.63) is 0 Å². The number of hydrogen-bond donors (Lipinski definition) is 2. The number of hydrogen-bond acceptors (Lipinski definition) is 3. The van der Waals surface area contributed by atoms with Crippen molar-refractivity contribution in [1.82, 2.24) is 0 Å². The van der Waals surface area contributed by atoms with E-state index in [1.807, 2.05) is 0 Å². The number of rotatable bonds is 6. The summed E-state index contributed by atoms with van der Waals surface area (Å²) in [4.78, 5) is 20.9. The highest BCUT2D eigenvalue weighted by molar-refractivity contribution is 7.99. The van der Waals surface area contributed by atoms with E-state index < -0.39 is 36.1 Å². The van der Waals surface area contributed by atoms with Gasteiger partial charge in [0, 0.05) is 19.7 Å². The summed E-state index contributed by atoms with van der Waals surface area (Å²) >= 11 is -0.00824. The van der Waals surface area contributed by atoms with Gasteiger partial charge in [-0.05, 0) is 0 Å². The molecule has 0 fully saturated rings. The SMILES string of the molecule is [2H]C(SC([2H])C([2H])([2H])C(=O)O)C([2H])([2H])C(=O)O. The molecule has 11 heavy (non-hydrogen) atoms.